The smallest absolute Gasteiger partial charge is 0.0562 e. The van der Waals surface area contributed by atoms with E-state index >= 15 is 0 Å². The average molecular weight is 880 g/mol. The zero-order valence-corrected chi connectivity index (χ0v) is 37.8. The Bertz CT molecular complexity index is 3940. The number of para-hydroxylation sites is 5. The van der Waals surface area contributed by atoms with Crippen molar-refractivity contribution in [1.29, 1.82) is 0 Å². The van der Waals surface area contributed by atoms with Gasteiger partial charge in [-0.1, -0.05) is 206 Å². The number of hydrogen-bond acceptors (Lipinski definition) is 1. The zero-order chi connectivity index (χ0) is 45.7. The van der Waals surface area contributed by atoms with Crippen molar-refractivity contribution in [3.8, 4) is 55.9 Å². The minimum absolute atomic E-state index is 1.06. The van der Waals surface area contributed by atoms with Crippen LogP contribution in [0.3, 0.4) is 0 Å². The van der Waals surface area contributed by atoms with Crippen molar-refractivity contribution in [3.05, 3.63) is 273 Å². The first-order chi connectivity index (χ1) is 34.3. The molecule has 0 radical (unpaired) electrons. The quantitative estimate of drug-likeness (QED) is 0.141. The molecule has 0 bridgehead atoms. The molecule has 324 valence electrons. The molecule has 3 heteroatoms. The highest BCUT2D eigenvalue weighted by atomic mass is 15.2. The number of fused-ring (bicyclic) bond motifs is 6. The van der Waals surface area contributed by atoms with Crippen LogP contribution in [0.15, 0.2) is 273 Å². The van der Waals surface area contributed by atoms with E-state index < -0.39 is 0 Å². The second-order valence-electron chi connectivity index (χ2n) is 17.6. The lowest BCUT2D eigenvalue weighted by Gasteiger charge is -2.31. The molecule has 0 unspecified atom stereocenters. The average Bonchev–Trinajstić information content (AvgIpc) is 3.95. The fourth-order valence-corrected chi connectivity index (χ4v) is 10.8. The Morgan fingerprint density at radius 2 is 0.710 bits per heavy atom. The second-order valence-corrected chi connectivity index (χ2v) is 17.6. The summed E-state index contributed by atoms with van der Waals surface area (Å²) in [5.74, 6) is 0. The Labute approximate surface area is 401 Å². The third-order valence-corrected chi connectivity index (χ3v) is 13.7. The van der Waals surface area contributed by atoms with Gasteiger partial charge in [-0.2, -0.15) is 0 Å². The minimum atomic E-state index is 1.06. The van der Waals surface area contributed by atoms with Crippen molar-refractivity contribution in [2.75, 3.05) is 4.90 Å². The van der Waals surface area contributed by atoms with Gasteiger partial charge < -0.3 is 14.0 Å². The van der Waals surface area contributed by atoms with Gasteiger partial charge in [-0.05, 0) is 100 Å². The molecule has 2 aromatic heterocycles. The molecule has 0 saturated carbocycles. The molecule has 11 aromatic carbocycles. The van der Waals surface area contributed by atoms with Crippen molar-refractivity contribution >= 4 is 60.7 Å². The molecule has 2 heterocycles. The van der Waals surface area contributed by atoms with E-state index in [0.717, 1.165) is 61.7 Å². The number of anilines is 3. The summed E-state index contributed by atoms with van der Waals surface area (Å²) >= 11 is 0. The lowest BCUT2D eigenvalue weighted by atomic mass is 9.87. The van der Waals surface area contributed by atoms with Gasteiger partial charge in [0.25, 0.3) is 0 Å². The largest absolute Gasteiger partial charge is 0.309 e. The van der Waals surface area contributed by atoms with Crippen LogP contribution in [0.25, 0.3) is 99.5 Å². The molecule has 0 aliphatic heterocycles. The third kappa shape index (κ3) is 6.74. The van der Waals surface area contributed by atoms with Crippen molar-refractivity contribution in [1.82, 2.24) is 9.13 Å². The van der Waals surface area contributed by atoms with E-state index in [1.54, 1.807) is 0 Å². The lowest BCUT2D eigenvalue weighted by molar-refractivity contribution is 1.18. The van der Waals surface area contributed by atoms with Gasteiger partial charge >= 0.3 is 0 Å². The first-order valence-electron chi connectivity index (χ1n) is 23.7. The summed E-state index contributed by atoms with van der Waals surface area (Å²) in [6.07, 6.45) is 0. The molecule has 0 fully saturated rings. The van der Waals surface area contributed by atoms with E-state index in [1.165, 1.54) is 54.8 Å². The molecule has 13 aromatic rings. The van der Waals surface area contributed by atoms with Gasteiger partial charge in [0.1, 0.15) is 0 Å². The maximum Gasteiger partial charge on any atom is 0.0562 e. The van der Waals surface area contributed by atoms with E-state index in [-0.39, 0.29) is 0 Å². The topological polar surface area (TPSA) is 13.1 Å². The van der Waals surface area contributed by atoms with Gasteiger partial charge in [0.2, 0.25) is 0 Å². The fourth-order valence-electron chi connectivity index (χ4n) is 10.8. The van der Waals surface area contributed by atoms with Crippen LogP contribution in [0.2, 0.25) is 0 Å². The molecule has 13 rings (SSSR count). The Morgan fingerprint density at radius 1 is 0.261 bits per heavy atom. The molecular formula is C66H45N3. The van der Waals surface area contributed by atoms with Crippen LogP contribution < -0.4 is 4.90 Å². The standard InChI is InChI=1S/C66H45N3/c1-4-22-46(23-5-1)51-28-10-11-32-56(51)65-53(47-24-6-2-7-25-47)34-20-39-62(65)68(64-41-21-40-63-66(64)57-33-15-19-38-61(57)67(63)49-26-8-3-9-27-49)50-44-42-48(43-45-50)52-29-12-16-35-58(52)69-59-36-17-13-30-54(59)55-31-14-18-37-60(55)69/h1-45H. The van der Waals surface area contributed by atoms with E-state index in [9.17, 15) is 0 Å². The molecule has 69 heavy (non-hydrogen) atoms. The monoisotopic (exact) mass is 879 g/mol. The molecule has 0 saturated heterocycles. The predicted molar refractivity (Wildman–Crippen MR) is 292 cm³/mol. The number of aromatic nitrogens is 2. The van der Waals surface area contributed by atoms with Gasteiger partial charge in [0, 0.05) is 44.0 Å². The van der Waals surface area contributed by atoms with Crippen molar-refractivity contribution in [2.24, 2.45) is 0 Å². The van der Waals surface area contributed by atoms with Crippen LogP contribution in [0, 0.1) is 0 Å². The van der Waals surface area contributed by atoms with Crippen molar-refractivity contribution < 1.29 is 0 Å². The van der Waals surface area contributed by atoms with Crippen LogP contribution in [0.1, 0.15) is 0 Å². The van der Waals surface area contributed by atoms with Crippen molar-refractivity contribution in [3.63, 3.8) is 0 Å². The predicted octanol–water partition coefficient (Wildman–Crippen LogP) is 18.0. The maximum absolute atomic E-state index is 2.51. The molecular weight excluding hydrogens is 835 g/mol. The molecule has 0 atom stereocenters. The van der Waals surface area contributed by atoms with Crippen molar-refractivity contribution in [2.45, 2.75) is 0 Å². The van der Waals surface area contributed by atoms with Gasteiger partial charge in [-0.3, -0.25) is 0 Å². The lowest BCUT2D eigenvalue weighted by Crippen LogP contribution is -2.12. The van der Waals surface area contributed by atoms with E-state index in [1.807, 2.05) is 0 Å². The molecule has 0 aliphatic carbocycles. The van der Waals surface area contributed by atoms with Gasteiger partial charge in [0.15, 0.2) is 0 Å². The van der Waals surface area contributed by atoms with Crippen LogP contribution in [0.5, 0.6) is 0 Å². The number of hydrogen-bond donors (Lipinski definition) is 0. The first kappa shape index (κ1) is 40.1. The summed E-state index contributed by atoms with van der Waals surface area (Å²) in [5, 5.41) is 4.88. The minimum Gasteiger partial charge on any atom is -0.309 e. The van der Waals surface area contributed by atoms with Crippen LogP contribution in [-0.2, 0) is 0 Å². The number of benzene rings is 11. The second kappa shape index (κ2) is 16.9. The summed E-state index contributed by atoms with van der Waals surface area (Å²) in [4.78, 5) is 2.51. The number of rotatable bonds is 9. The first-order valence-corrected chi connectivity index (χ1v) is 23.7. The Kier molecular flexibility index (Phi) is 9.84. The van der Waals surface area contributed by atoms with E-state index in [2.05, 4.69) is 287 Å². The Hall–Kier alpha value is -9.18. The van der Waals surface area contributed by atoms with E-state index in [4.69, 9.17) is 0 Å². The normalized spacial score (nSPS) is 11.5. The summed E-state index contributed by atoms with van der Waals surface area (Å²) in [6, 6.07) is 99.3. The van der Waals surface area contributed by atoms with Gasteiger partial charge in [-0.15, -0.1) is 0 Å². The third-order valence-electron chi connectivity index (χ3n) is 13.7. The van der Waals surface area contributed by atoms with Gasteiger partial charge in [0.05, 0.1) is 39.1 Å². The number of nitrogens with zero attached hydrogens (tertiary/aromatic N) is 3. The summed E-state index contributed by atoms with van der Waals surface area (Å²) in [6.45, 7) is 0. The highest BCUT2D eigenvalue weighted by Crippen LogP contribution is 2.51. The molecule has 0 spiro atoms. The SMILES string of the molecule is c1ccc(-c2ccccc2-c2c(-c3ccccc3)cccc2N(c2ccc(-c3ccccc3-n3c4ccccc4c4ccccc43)cc2)c2cccc3c2c2ccccc2n3-c2ccccc2)cc1. The molecule has 3 nitrogen and oxygen atoms in total. The van der Waals surface area contributed by atoms with Gasteiger partial charge in [-0.25, -0.2) is 0 Å². The van der Waals surface area contributed by atoms with Crippen LogP contribution in [-0.4, -0.2) is 9.13 Å². The van der Waals surface area contributed by atoms with E-state index in [0.29, 0.717) is 0 Å². The molecule has 0 N–H and O–H groups in total. The highest BCUT2D eigenvalue weighted by molar-refractivity contribution is 6.17. The summed E-state index contributed by atoms with van der Waals surface area (Å²) in [7, 11) is 0. The van der Waals surface area contributed by atoms with Crippen LogP contribution >= 0.6 is 0 Å². The van der Waals surface area contributed by atoms with Crippen LogP contribution in [0.4, 0.5) is 17.1 Å². The highest BCUT2D eigenvalue weighted by Gasteiger charge is 2.26. The summed E-state index contributed by atoms with van der Waals surface area (Å²) in [5.41, 5.74) is 19.5. The molecule has 0 amide bonds. The Morgan fingerprint density at radius 3 is 1.38 bits per heavy atom. The zero-order valence-electron chi connectivity index (χ0n) is 37.8. The summed E-state index contributed by atoms with van der Waals surface area (Å²) < 4.78 is 4.84. The molecule has 0 aliphatic rings. The Balaban J connectivity index is 1.08. The fraction of sp³-hybridized carbons (Fsp3) is 0. The maximum atomic E-state index is 2.51.